The Hall–Kier alpha value is -3.09. The first-order valence-electron chi connectivity index (χ1n) is 6.61. The smallest absolute Gasteiger partial charge is 0.294 e. The van der Waals surface area contributed by atoms with Gasteiger partial charge >= 0.3 is 0 Å². The lowest BCUT2D eigenvalue weighted by Crippen LogP contribution is -2.11. The molecule has 2 aromatic heterocycles. The van der Waals surface area contributed by atoms with Crippen LogP contribution < -0.4 is 10.1 Å². The van der Waals surface area contributed by atoms with Crippen molar-refractivity contribution in [2.75, 3.05) is 12.4 Å². The van der Waals surface area contributed by atoms with Crippen molar-refractivity contribution in [1.82, 2.24) is 14.9 Å². The number of aryl methyl sites for hydroxylation is 1. The second-order valence-electron chi connectivity index (χ2n) is 4.60. The summed E-state index contributed by atoms with van der Waals surface area (Å²) in [6, 6.07) is 11.1. The second-order valence-corrected chi connectivity index (χ2v) is 4.60. The van der Waals surface area contributed by atoms with Crippen molar-refractivity contribution in [1.29, 1.82) is 0 Å². The first-order chi connectivity index (χ1) is 10.7. The van der Waals surface area contributed by atoms with Crippen LogP contribution in [-0.2, 0) is 0 Å². The lowest BCUT2D eigenvalue weighted by Gasteiger charge is -2.00. The normalized spacial score (nSPS) is 10.5. The van der Waals surface area contributed by atoms with Gasteiger partial charge < -0.3 is 14.6 Å². The van der Waals surface area contributed by atoms with E-state index in [4.69, 9.17) is 9.26 Å². The van der Waals surface area contributed by atoms with Gasteiger partial charge in [-0.3, -0.25) is 4.79 Å². The molecule has 1 amide bonds. The van der Waals surface area contributed by atoms with Crippen LogP contribution in [0.15, 0.2) is 47.1 Å². The van der Waals surface area contributed by atoms with Crippen molar-refractivity contribution < 1.29 is 14.1 Å². The van der Waals surface area contributed by atoms with Crippen LogP contribution in [0.2, 0.25) is 0 Å². The second kappa shape index (κ2) is 5.72. The van der Waals surface area contributed by atoms with Gasteiger partial charge in [0.1, 0.15) is 0 Å². The maximum Gasteiger partial charge on any atom is 0.294 e. The van der Waals surface area contributed by atoms with Crippen molar-refractivity contribution in [3.05, 3.63) is 54.0 Å². The topological polar surface area (TPSA) is 82.2 Å². The van der Waals surface area contributed by atoms with Crippen LogP contribution in [0.25, 0.3) is 5.69 Å². The van der Waals surface area contributed by atoms with Crippen LogP contribution in [-0.4, -0.2) is 28.0 Å². The van der Waals surface area contributed by atoms with Gasteiger partial charge in [-0.1, -0.05) is 18.2 Å². The highest BCUT2D eigenvalue weighted by Crippen LogP contribution is 2.18. The van der Waals surface area contributed by atoms with Crippen LogP contribution >= 0.6 is 0 Å². The van der Waals surface area contributed by atoms with E-state index >= 15 is 0 Å². The highest BCUT2D eigenvalue weighted by atomic mass is 16.5. The minimum absolute atomic E-state index is 0.0729. The number of amides is 1. The SMILES string of the molecule is COc1cc(C(=O)Nc2cn(-c3ccccc3)nc2C)on1. The summed E-state index contributed by atoms with van der Waals surface area (Å²) in [5.74, 6) is -0.0860. The molecule has 2 heterocycles. The molecule has 0 saturated heterocycles. The van der Waals surface area contributed by atoms with Crippen molar-refractivity contribution >= 4 is 11.6 Å². The number of aromatic nitrogens is 3. The van der Waals surface area contributed by atoms with Crippen molar-refractivity contribution in [3.8, 4) is 11.6 Å². The number of nitrogens with zero attached hydrogens (tertiary/aromatic N) is 3. The number of hydrogen-bond donors (Lipinski definition) is 1. The van der Waals surface area contributed by atoms with Crippen LogP contribution in [0.5, 0.6) is 5.88 Å². The Morgan fingerprint density at radius 1 is 1.32 bits per heavy atom. The number of benzene rings is 1. The maximum atomic E-state index is 12.1. The molecule has 22 heavy (non-hydrogen) atoms. The van der Waals surface area contributed by atoms with Crippen LogP contribution in [0.1, 0.15) is 16.2 Å². The molecule has 7 nitrogen and oxygen atoms in total. The van der Waals surface area contributed by atoms with E-state index in [0.29, 0.717) is 11.4 Å². The van der Waals surface area contributed by atoms with E-state index < -0.39 is 5.91 Å². The predicted molar refractivity (Wildman–Crippen MR) is 79.3 cm³/mol. The Morgan fingerprint density at radius 3 is 2.77 bits per heavy atom. The number of carbonyl (C=O) groups excluding carboxylic acids is 1. The minimum atomic E-state index is -0.411. The summed E-state index contributed by atoms with van der Waals surface area (Å²) in [4.78, 5) is 12.1. The molecular formula is C15H14N4O3. The van der Waals surface area contributed by atoms with E-state index in [1.54, 1.807) is 10.9 Å². The standard InChI is InChI=1S/C15H14N4O3/c1-10-12(9-19(17-10)11-6-4-3-5-7-11)16-15(20)13-8-14(21-2)18-22-13/h3-9H,1-2H3,(H,16,20). The first kappa shape index (κ1) is 13.9. The zero-order chi connectivity index (χ0) is 15.5. The van der Waals surface area contributed by atoms with Crippen molar-refractivity contribution in [3.63, 3.8) is 0 Å². The van der Waals surface area contributed by atoms with Gasteiger partial charge in [-0.2, -0.15) is 5.10 Å². The fraction of sp³-hybridized carbons (Fsp3) is 0.133. The number of para-hydroxylation sites is 1. The molecule has 0 unspecified atom stereocenters. The molecule has 0 bridgehead atoms. The molecule has 7 heteroatoms. The summed E-state index contributed by atoms with van der Waals surface area (Å²) in [6.45, 7) is 1.82. The summed E-state index contributed by atoms with van der Waals surface area (Å²) < 4.78 is 11.5. The molecule has 0 spiro atoms. The van der Waals surface area contributed by atoms with Crippen molar-refractivity contribution in [2.24, 2.45) is 0 Å². The molecule has 0 aliphatic rings. The van der Waals surface area contributed by atoms with E-state index in [0.717, 1.165) is 5.69 Å². The molecule has 3 aromatic rings. The van der Waals surface area contributed by atoms with E-state index in [9.17, 15) is 4.79 Å². The molecule has 112 valence electrons. The molecule has 3 rings (SSSR count). The fourth-order valence-corrected chi connectivity index (χ4v) is 1.94. The van der Waals surface area contributed by atoms with E-state index in [1.165, 1.54) is 13.2 Å². The fourth-order valence-electron chi connectivity index (χ4n) is 1.94. The van der Waals surface area contributed by atoms with E-state index in [1.807, 2.05) is 37.3 Å². The Bertz CT molecular complexity index is 792. The van der Waals surface area contributed by atoms with Gasteiger partial charge in [0.05, 0.1) is 36.4 Å². The number of nitrogens with one attached hydrogen (secondary N) is 1. The van der Waals surface area contributed by atoms with Gasteiger partial charge in [0.25, 0.3) is 11.8 Å². The third-order valence-electron chi connectivity index (χ3n) is 3.09. The minimum Gasteiger partial charge on any atom is -0.479 e. The molecule has 0 atom stereocenters. The Morgan fingerprint density at radius 2 is 2.09 bits per heavy atom. The molecule has 1 N–H and O–H groups in total. The largest absolute Gasteiger partial charge is 0.479 e. The number of methoxy groups -OCH3 is 1. The zero-order valence-corrected chi connectivity index (χ0v) is 12.1. The average Bonchev–Trinajstić information content (AvgIpc) is 3.15. The summed E-state index contributed by atoms with van der Waals surface area (Å²) in [6.07, 6.45) is 1.75. The zero-order valence-electron chi connectivity index (χ0n) is 12.1. The summed E-state index contributed by atoms with van der Waals surface area (Å²) in [5.41, 5.74) is 2.21. The quantitative estimate of drug-likeness (QED) is 0.800. The lowest BCUT2D eigenvalue weighted by molar-refractivity contribution is 0.0987. The third-order valence-corrected chi connectivity index (χ3v) is 3.09. The molecule has 0 saturated carbocycles. The van der Waals surface area contributed by atoms with Crippen LogP contribution in [0, 0.1) is 6.92 Å². The monoisotopic (exact) mass is 298 g/mol. The number of anilines is 1. The summed E-state index contributed by atoms with van der Waals surface area (Å²) in [5, 5.41) is 10.7. The molecule has 0 fully saturated rings. The van der Waals surface area contributed by atoms with Crippen molar-refractivity contribution in [2.45, 2.75) is 6.92 Å². The van der Waals surface area contributed by atoms with Gasteiger partial charge in [0, 0.05) is 0 Å². The first-order valence-corrected chi connectivity index (χ1v) is 6.61. The third kappa shape index (κ3) is 2.69. The number of ether oxygens (including phenoxy) is 1. The highest BCUT2D eigenvalue weighted by molar-refractivity contribution is 6.02. The molecule has 1 aromatic carbocycles. The van der Waals surface area contributed by atoms with E-state index in [-0.39, 0.29) is 11.6 Å². The van der Waals surface area contributed by atoms with Gasteiger partial charge in [0.15, 0.2) is 0 Å². The number of hydrogen-bond acceptors (Lipinski definition) is 5. The Balaban J connectivity index is 1.81. The van der Waals surface area contributed by atoms with Crippen LogP contribution in [0.3, 0.4) is 0 Å². The predicted octanol–water partition coefficient (Wildman–Crippen LogP) is 2.43. The molecule has 0 aliphatic carbocycles. The summed E-state index contributed by atoms with van der Waals surface area (Å²) in [7, 11) is 1.45. The summed E-state index contributed by atoms with van der Waals surface area (Å²) >= 11 is 0. The van der Waals surface area contributed by atoms with Gasteiger partial charge in [0.2, 0.25) is 5.76 Å². The highest BCUT2D eigenvalue weighted by Gasteiger charge is 2.16. The maximum absolute atomic E-state index is 12.1. The number of carbonyl (C=O) groups is 1. The van der Waals surface area contributed by atoms with Crippen LogP contribution in [0.4, 0.5) is 5.69 Å². The Kier molecular flexibility index (Phi) is 3.61. The average molecular weight is 298 g/mol. The molecular weight excluding hydrogens is 284 g/mol. The molecule has 0 radical (unpaired) electrons. The van der Waals surface area contributed by atoms with E-state index in [2.05, 4.69) is 15.6 Å². The lowest BCUT2D eigenvalue weighted by atomic mass is 10.3. The number of rotatable bonds is 4. The van der Waals surface area contributed by atoms with Gasteiger partial charge in [-0.05, 0) is 24.2 Å². The molecule has 0 aliphatic heterocycles. The van der Waals surface area contributed by atoms with Gasteiger partial charge in [-0.15, -0.1) is 0 Å². The Labute approximate surface area is 126 Å². The van der Waals surface area contributed by atoms with Gasteiger partial charge in [-0.25, -0.2) is 4.68 Å².